The zero-order valence-corrected chi connectivity index (χ0v) is 18.8. The van der Waals surface area contributed by atoms with E-state index in [1.165, 1.54) is 0 Å². The van der Waals surface area contributed by atoms with Gasteiger partial charge in [0, 0.05) is 30.9 Å². The van der Waals surface area contributed by atoms with Crippen molar-refractivity contribution < 1.29 is 18.3 Å². The van der Waals surface area contributed by atoms with Gasteiger partial charge in [-0.1, -0.05) is 12.1 Å². The number of benzene rings is 1. The van der Waals surface area contributed by atoms with E-state index in [9.17, 15) is 13.2 Å². The molecule has 3 N–H and O–H groups in total. The summed E-state index contributed by atoms with van der Waals surface area (Å²) in [5.74, 6) is 0.602. The van der Waals surface area contributed by atoms with E-state index in [2.05, 4.69) is 20.6 Å². The highest BCUT2D eigenvalue weighted by molar-refractivity contribution is 7.92. The number of nitrogens with zero attached hydrogens (tertiary/aromatic N) is 3. The minimum absolute atomic E-state index is 0.0339. The number of para-hydroxylation sites is 1. The first kappa shape index (κ1) is 23.0. The molecule has 2 aromatic rings. The van der Waals surface area contributed by atoms with Crippen LogP contribution in [0.15, 0.2) is 35.4 Å². The molecule has 0 radical (unpaired) electrons. The van der Waals surface area contributed by atoms with Crippen molar-refractivity contribution >= 4 is 33.2 Å². The molecular weight excluding hydrogens is 418 g/mol. The third-order valence-corrected chi connectivity index (χ3v) is 7.49. The molecule has 1 aliphatic heterocycles. The normalized spacial score (nSPS) is 16.9. The Morgan fingerprint density at radius 3 is 2.77 bits per heavy atom. The van der Waals surface area contributed by atoms with E-state index in [0.717, 1.165) is 18.4 Å². The van der Waals surface area contributed by atoms with Crippen LogP contribution in [0.2, 0.25) is 0 Å². The monoisotopic (exact) mass is 447 g/mol. The summed E-state index contributed by atoms with van der Waals surface area (Å²) in [6.07, 6.45) is 3.34. The molecule has 1 aliphatic rings. The predicted molar refractivity (Wildman–Crippen MR) is 119 cm³/mol. The van der Waals surface area contributed by atoms with Crippen molar-refractivity contribution in [1.82, 2.24) is 14.9 Å². The zero-order chi connectivity index (χ0) is 22.6. The van der Waals surface area contributed by atoms with Crippen LogP contribution in [0.3, 0.4) is 0 Å². The molecule has 10 heteroatoms. The molecule has 168 valence electrons. The number of piperidine rings is 1. The summed E-state index contributed by atoms with van der Waals surface area (Å²) in [5, 5.41) is 14.9. The molecule has 0 unspecified atom stereocenters. The second-order valence-corrected chi connectivity index (χ2v) is 10.4. The van der Waals surface area contributed by atoms with Gasteiger partial charge in [0.2, 0.25) is 11.9 Å². The number of aliphatic hydroxyl groups is 1. The van der Waals surface area contributed by atoms with E-state index < -0.39 is 21.7 Å². The Morgan fingerprint density at radius 2 is 2.06 bits per heavy atom. The quantitative estimate of drug-likeness (QED) is 0.589. The summed E-state index contributed by atoms with van der Waals surface area (Å²) >= 11 is 0. The molecule has 1 saturated heterocycles. The van der Waals surface area contributed by atoms with Gasteiger partial charge in [-0.05, 0) is 45.7 Å². The van der Waals surface area contributed by atoms with Crippen LogP contribution >= 0.6 is 0 Å². The summed E-state index contributed by atoms with van der Waals surface area (Å²) in [5.41, 5.74) is 1.23. The van der Waals surface area contributed by atoms with Gasteiger partial charge in [0.15, 0.2) is 9.84 Å². The Bertz CT molecular complexity index is 1040. The Balaban J connectivity index is 1.81. The molecule has 0 spiro atoms. The molecule has 1 amide bonds. The molecule has 1 aromatic carbocycles. The Labute approximate surface area is 182 Å². The number of carbonyl (C=O) groups is 1. The predicted octanol–water partition coefficient (Wildman–Crippen LogP) is 2.11. The van der Waals surface area contributed by atoms with E-state index >= 15 is 0 Å². The molecule has 1 fully saturated rings. The number of aromatic nitrogens is 2. The van der Waals surface area contributed by atoms with Gasteiger partial charge in [-0.3, -0.25) is 4.79 Å². The maximum absolute atomic E-state index is 12.7. The summed E-state index contributed by atoms with van der Waals surface area (Å²) in [7, 11) is -3.47. The van der Waals surface area contributed by atoms with Crippen molar-refractivity contribution in [3.8, 4) is 0 Å². The van der Waals surface area contributed by atoms with Crippen LogP contribution in [0.5, 0.6) is 0 Å². The third-order valence-electron chi connectivity index (χ3n) is 5.28. The van der Waals surface area contributed by atoms with Crippen LogP contribution < -0.4 is 10.6 Å². The van der Waals surface area contributed by atoms with E-state index in [-0.39, 0.29) is 16.8 Å². The first-order valence-electron chi connectivity index (χ1n) is 10.3. The van der Waals surface area contributed by atoms with Crippen molar-refractivity contribution in [1.29, 1.82) is 0 Å². The summed E-state index contributed by atoms with van der Waals surface area (Å²) in [6.45, 7) is 5.74. The summed E-state index contributed by atoms with van der Waals surface area (Å²) in [6, 6.07) is 6.73. The number of sulfone groups is 1. The van der Waals surface area contributed by atoms with Gasteiger partial charge in [-0.2, -0.15) is 4.98 Å². The SMILES string of the molecule is Cc1cnc(N[C@H]2CCCN(C(=O)CO)C2)nc1Nc1ccccc1S(=O)(=O)C(C)C. The van der Waals surface area contributed by atoms with Gasteiger partial charge in [0.05, 0.1) is 15.8 Å². The number of amides is 1. The molecule has 3 rings (SSSR count). The van der Waals surface area contributed by atoms with Gasteiger partial charge in [-0.15, -0.1) is 0 Å². The Kier molecular flexibility index (Phi) is 7.11. The standard InChI is InChI=1S/C21H29N5O4S/c1-14(2)31(29,30)18-9-5-4-8-17(18)24-20-15(3)11-22-21(25-20)23-16-7-6-10-26(12-16)19(28)13-27/h4-5,8-9,11,14,16,27H,6-7,10,12-13H2,1-3H3,(H2,22,23,24,25)/t16-/m0/s1. The van der Waals surface area contributed by atoms with Crippen LogP contribution in [0.25, 0.3) is 0 Å². The number of anilines is 3. The lowest BCUT2D eigenvalue weighted by Crippen LogP contribution is -2.46. The van der Waals surface area contributed by atoms with Crippen LogP contribution in [-0.2, 0) is 14.6 Å². The fraction of sp³-hybridized carbons (Fsp3) is 0.476. The van der Waals surface area contributed by atoms with Crippen molar-refractivity contribution in [2.24, 2.45) is 0 Å². The third kappa shape index (κ3) is 5.31. The Hall–Kier alpha value is -2.72. The largest absolute Gasteiger partial charge is 0.387 e. The van der Waals surface area contributed by atoms with Crippen LogP contribution in [-0.4, -0.2) is 65.3 Å². The lowest BCUT2D eigenvalue weighted by Gasteiger charge is -2.32. The average Bonchev–Trinajstić information content (AvgIpc) is 2.76. The van der Waals surface area contributed by atoms with Gasteiger partial charge >= 0.3 is 0 Å². The van der Waals surface area contributed by atoms with E-state index in [1.807, 2.05) is 6.92 Å². The highest BCUT2D eigenvalue weighted by Gasteiger charge is 2.25. The van der Waals surface area contributed by atoms with E-state index in [1.54, 1.807) is 49.2 Å². The minimum atomic E-state index is -3.47. The number of aryl methyl sites for hydroxylation is 1. The first-order valence-corrected chi connectivity index (χ1v) is 11.9. The molecule has 1 aromatic heterocycles. The fourth-order valence-electron chi connectivity index (χ4n) is 3.44. The topological polar surface area (TPSA) is 125 Å². The average molecular weight is 448 g/mol. The highest BCUT2D eigenvalue weighted by atomic mass is 32.2. The second kappa shape index (κ2) is 9.61. The van der Waals surface area contributed by atoms with Gasteiger partial charge < -0.3 is 20.6 Å². The molecule has 1 atom stereocenters. The first-order chi connectivity index (χ1) is 14.7. The lowest BCUT2D eigenvalue weighted by atomic mass is 10.1. The van der Waals surface area contributed by atoms with Gasteiger partial charge in [0.1, 0.15) is 12.4 Å². The minimum Gasteiger partial charge on any atom is -0.387 e. The van der Waals surface area contributed by atoms with Crippen molar-refractivity contribution in [3.05, 3.63) is 36.0 Å². The molecule has 0 aliphatic carbocycles. The molecule has 9 nitrogen and oxygen atoms in total. The number of likely N-dealkylation sites (tertiary alicyclic amines) is 1. The number of aliphatic hydroxyl groups excluding tert-OH is 1. The van der Waals surface area contributed by atoms with E-state index in [0.29, 0.717) is 30.5 Å². The number of hydrogen-bond donors (Lipinski definition) is 3. The maximum Gasteiger partial charge on any atom is 0.248 e. The summed E-state index contributed by atoms with van der Waals surface area (Å²) < 4.78 is 25.5. The van der Waals surface area contributed by atoms with Crippen molar-refractivity contribution in [2.45, 2.75) is 49.8 Å². The fourth-order valence-corrected chi connectivity index (χ4v) is 4.64. The second-order valence-electron chi connectivity index (χ2n) is 7.92. The van der Waals surface area contributed by atoms with Gasteiger partial charge in [0.25, 0.3) is 0 Å². The Morgan fingerprint density at radius 1 is 1.32 bits per heavy atom. The van der Waals surface area contributed by atoms with Crippen LogP contribution in [0.4, 0.5) is 17.5 Å². The van der Waals surface area contributed by atoms with Crippen LogP contribution in [0, 0.1) is 6.92 Å². The lowest BCUT2D eigenvalue weighted by molar-refractivity contribution is -0.135. The number of rotatable bonds is 7. The van der Waals surface area contributed by atoms with Crippen molar-refractivity contribution in [3.63, 3.8) is 0 Å². The van der Waals surface area contributed by atoms with Crippen LogP contribution in [0.1, 0.15) is 32.3 Å². The smallest absolute Gasteiger partial charge is 0.248 e. The molecular formula is C21H29N5O4S. The molecule has 2 heterocycles. The highest BCUT2D eigenvalue weighted by Crippen LogP contribution is 2.28. The number of hydrogen-bond acceptors (Lipinski definition) is 8. The van der Waals surface area contributed by atoms with E-state index in [4.69, 9.17) is 5.11 Å². The maximum atomic E-state index is 12.7. The number of carbonyl (C=O) groups excluding carboxylic acids is 1. The summed E-state index contributed by atoms with van der Waals surface area (Å²) in [4.78, 5) is 22.5. The molecule has 31 heavy (non-hydrogen) atoms. The number of nitrogens with one attached hydrogen (secondary N) is 2. The van der Waals surface area contributed by atoms with Gasteiger partial charge in [-0.25, -0.2) is 13.4 Å². The van der Waals surface area contributed by atoms with Crippen molar-refractivity contribution in [2.75, 3.05) is 30.3 Å². The molecule has 0 saturated carbocycles. The zero-order valence-electron chi connectivity index (χ0n) is 18.0. The molecule has 0 bridgehead atoms.